The van der Waals surface area contributed by atoms with Crippen LogP contribution >= 0.6 is 0 Å². The van der Waals surface area contributed by atoms with E-state index in [-0.39, 0.29) is 0 Å². The first-order valence-corrected chi connectivity index (χ1v) is 5.11. The summed E-state index contributed by atoms with van der Waals surface area (Å²) in [6.07, 6.45) is 4.77. The first-order valence-electron chi connectivity index (χ1n) is 5.11. The molecule has 1 N–H and O–H groups in total. The molecule has 2 aromatic rings. The maximum atomic E-state index is 9.20. The Morgan fingerprint density at radius 1 is 1.27 bits per heavy atom. The van der Waals surface area contributed by atoms with Crippen molar-refractivity contribution in [3.05, 3.63) is 36.8 Å². The third-order valence-corrected chi connectivity index (χ3v) is 2.34. The van der Waals surface area contributed by atoms with Crippen molar-refractivity contribution in [3.8, 4) is 17.0 Å². The van der Waals surface area contributed by atoms with E-state index in [0.717, 1.165) is 24.2 Å². The Labute approximate surface area is 89.0 Å². The van der Waals surface area contributed by atoms with Crippen molar-refractivity contribution < 1.29 is 5.11 Å². The first-order chi connectivity index (χ1) is 7.31. The summed E-state index contributed by atoms with van der Waals surface area (Å²) in [5.41, 5.74) is 2.18. The molecule has 0 bridgehead atoms. The fourth-order valence-electron chi connectivity index (χ4n) is 1.61. The summed E-state index contributed by atoms with van der Waals surface area (Å²) >= 11 is 0. The molecule has 0 fully saturated rings. The van der Waals surface area contributed by atoms with Crippen LogP contribution in [-0.4, -0.2) is 14.7 Å². The van der Waals surface area contributed by atoms with Gasteiger partial charge in [0.25, 0.3) is 0 Å². The van der Waals surface area contributed by atoms with E-state index in [2.05, 4.69) is 16.5 Å². The van der Waals surface area contributed by atoms with Crippen molar-refractivity contribution in [3.63, 3.8) is 0 Å². The van der Waals surface area contributed by atoms with Crippen molar-refractivity contribution in [2.75, 3.05) is 0 Å². The van der Waals surface area contributed by atoms with Crippen molar-refractivity contribution in [1.29, 1.82) is 0 Å². The van der Waals surface area contributed by atoms with Crippen LogP contribution < -0.4 is 0 Å². The lowest BCUT2D eigenvalue weighted by Crippen LogP contribution is -1.96. The Balaban J connectivity index is 2.36. The molecule has 0 radical (unpaired) electrons. The van der Waals surface area contributed by atoms with Gasteiger partial charge in [-0.2, -0.15) is 0 Å². The number of benzene rings is 1. The van der Waals surface area contributed by atoms with Gasteiger partial charge in [0.2, 0.25) is 0 Å². The number of hydrogen-bond donors (Lipinski definition) is 1. The summed E-state index contributed by atoms with van der Waals surface area (Å²) in [6, 6.07) is 7.19. The van der Waals surface area contributed by atoms with E-state index in [0.29, 0.717) is 5.75 Å². The average Bonchev–Trinajstić information content (AvgIpc) is 2.68. The highest BCUT2D eigenvalue weighted by Gasteiger charge is 2.03. The summed E-state index contributed by atoms with van der Waals surface area (Å²) in [5, 5.41) is 9.20. The van der Waals surface area contributed by atoms with E-state index in [1.807, 2.05) is 24.7 Å². The van der Waals surface area contributed by atoms with Crippen LogP contribution in [0.2, 0.25) is 0 Å². The highest BCUT2D eigenvalue weighted by Crippen LogP contribution is 2.21. The summed E-state index contributed by atoms with van der Waals surface area (Å²) in [5.74, 6) is 0.292. The van der Waals surface area contributed by atoms with Crippen molar-refractivity contribution >= 4 is 0 Å². The predicted molar refractivity (Wildman–Crippen MR) is 59.6 cm³/mol. The quantitative estimate of drug-likeness (QED) is 0.830. The standard InChI is InChI=1S/C12H14N2O/c1-2-7-14-9-13-8-12(14)10-3-5-11(15)6-4-10/h3-6,8-9,15H,2,7H2,1H3. The normalized spacial score (nSPS) is 10.5. The lowest BCUT2D eigenvalue weighted by Gasteiger charge is -2.06. The topological polar surface area (TPSA) is 38.0 Å². The Morgan fingerprint density at radius 3 is 2.67 bits per heavy atom. The number of aryl methyl sites for hydroxylation is 1. The number of aromatic hydroxyl groups is 1. The van der Waals surface area contributed by atoms with Gasteiger partial charge in [-0.05, 0) is 30.7 Å². The zero-order valence-electron chi connectivity index (χ0n) is 8.72. The zero-order chi connectivity index (χ0) is 10.7. The van der Waals surface area contributed by atoms with Crippen LogP contribution in [0.25, 0.3) is 11.3 Å². The van der Waals surface area contributed by atoms with Crippen molar-refractivity contribution in [1.82, 2.24) is 9.55 Å². The van der Waals surface area contributed by atoms with Crippen LogP contribution in [0.15, 0.2) is 36.8 Å². The van der Waals surface area contributed by atoms with E-state index in [9.17, 15) is 5.11 Å². The fraction of sp³-hybridized carbons (Fsp3) is 0.250. The number of phenolic OH excluding ortho intramolecular Hbond substituents is 1. The molecular formula is C12H14N2O. The van der Waals surface area contributed by atoms with Crippen LogP contribution in [0.1, 0.15) is 13.3 Å². The molecule has 0 unspecified atom stereocenters. The lowest BCUT2D eigenvalue weighted by molar-refractivity contribution is 0.475. The average molecular weight is 202 g/mol. The number of imidazole rings is 1. The molecule has 78 valence electrons. The SMILES string of the molecule is CCCn1cncc1-c1ccc(O)cc1. The van der Waals surface area contributed by atoms with Gasteiger partial charge in [0.15, 0.2) is 0 Å². The fourth-order valence-corrected chi connectivity index (χ4v) is 1.61. The van der Waals surface area contributed by atoms with Gasteiger partial charge in [0, 0.05) is 12.1 Å². The number of hydrogen-bond acceptors (Lipinski definition) is 2. The predicted octanol–water partition coefficient (Wildman–Crippen LogP) is 2.67. The summed E-state index contributed by atoms with van der Waals surface area (Å²) in [7, 11) is 0. The Morgan fingerprint density at radius 2 is 2.00 bits per heavy atom. The minimum Gasteiger partial charge on any atom is -0.508 e. The minimum atomic E-state index is 0.292. The van der Waals surface area contributed by atoms with Gasteiger partial charge in [-0.1, -0.05) is 6.92 Å². The second kappa shape index (κ2) is 4.17. The highest BCUT2D eigenvalue weighted by atomic mass is 16.3. The summed E-state index contributed by atoms with van der Waals surface area (Å²) in [4.78, 5) is 4.14. The lowest BCUT2D eigenvalue weighted by atomic mass is 10.1. The Bertz CT molecular complexity index is 431. The van der Waals surface area contributed by atoms with E-state index < -0.39 is 0 Å². The van der Waals surface area contributed by atoms with Gasteiger partial charge in [-0.25, -0.2) is 4.98 Å². The van der Waals surface area contributed by atoms with Crippen LogP contribution in [0, 0.1) is 0 Å². The molecule has 0 aliphatic carbocycles. The second-order valence-corrected chi connectivity index (χ2v) is 3.52. The highest BCUT2D eigenvalue weighted by molar-refractivity contribution is 5.59. The van der Waals surface area contributed by atoms with Gasteiger partial charge in [0.05, 0.1) is 18.2 Å². The molecule has 1 heterocycles. The van der Waals surface area contributed by atoms with Crippen LogP contribution in [0.3, 0.4) is 0 Å². The van der Waals surface area contributed by atoms with Crippen LogP contribution in [-0.2, 0) is 6.54 Å². The molecule has 0 amide bonds. The van der Waals surface area contributed by atoms with Gasteiger partial charge in [0.1, 0.15) is 5.75 Å². The minimum absolute atomic E-state index is 0.292. The second-order valence-electron chi connectivity index (χ2n) is 3.52. The molecule has 0 aliphatic rings. The summed E-state index contributed by atoms with van der Waals surface area (Å²) < 4.78 is 2.12. The van der Waals surface area contributed by atoms with E-state index >= 15 is 0 Å². The van der Waals surface area contributed by atoms with E-state index in [1.54, 1.807) is 12.1 Å². The molecule has 3 nitrogen and oxygen atoms in total. The van der Waals surface area contributed by atoms with Crippen molar-refractivity contribution in [2.24, 2.45) is 0 Å². The van der Waals surface area contributed by atoms with Crippen LogP contribution in [0.4, 0.5) is 0 Å². The molecule has 1 aromatic heterocycles. The number of aromatic nitrogens is 2. The smallest absolute Gasteiger partial charge is 0.115 e. The molecule has 15 heavy (non-hydrogen) atoms. The van der Waals surface area contributed by atoms with E-state index in [4.69, 9.17) is 0 Å². The third kappa shape index (κ3) is 2.01. The summed E-state index contributed by atoms with van der Waals surface area (Å²) in [6.45, 7) is 3.11. The maximum Gasteiger partial charge on any atom is 0.115 e. The zero-order valence-corrected chi connectivity index (χ0v) is 8.72. The largest absolute Gasteiger partial charge is 0.508 e. The Kier molecular flexibility index (Phi) is 2.72. The molecule has 2 rings (SSSR count). The third-order valence-electron chi connectivity index (χ3n) is 2.34. The maximum absolute atomic E-state index is 9.20. The Hall–Kier alpha value is -1.77. The number of rotatable bonds is 3. The van der Waals surface area contributed by atoms with Crippen LogP contribution in [0.5, 0.6) is 5.75 Å². The molecule has 0 saturated carbocycles. The van der Waals surface area contributed by atoms with Gasteiger partial charge in [-0.15, -0.1) is 0 Å². The van der Waals surface area contributed by atoms with E-state index in [1.165, 1.54) is 0 Å². The molecular weight excluding hydrogens is 188 g/mol. The van der Waals surface area contributed by atoms with Gasteiger partial charge >= 0.3 is 0 Å². The number of nitrogens with zero attached hydrogens (tertiary/aromatic N) is 2. The molecule has 0 saturated heterocycles. The monoisotopic (exact) mass is 202 g/mol. The molecule has 0 atom stereocenters. The molecule has 0 spiro atoms. The molecule has 0 aliphatic heterocycles. The number of phenols is 1. The molecule has 1 aromatic carbocycles. The molecule has 3 heteroatoms. The van der Waals surface area contributed by atoms with Gasteiger partial charge < -0.3 is 9.67 Å². The van der Waals surface area contributed by atoms with Gasteiger partial charge in [-0.3, -0.25) is 0 Å². The first kappa shape index (κ1) is 9.77. The van der Waals surface area contributed by atoms with Crippen molar-refractivity contribution in [2.45, 2.75) is 19.9 Å².